The van der Waals surface area contributed by atoms with Crippen LogP contribution >= 0.6 is 0 Å². The lowest BCUT2D eigenvalue weighted by Gasteiger charge is -2.34. The number of carbonyl (C=O) groups excluding carboxylic acids is 3. The molecule has 24 heavy (non-hydrogen) atoms. The summed E-state index contributed by atoms with van der Waals surface area (Å²) in [6.07, 6.45) is -1.05. The molecule has 1 aliphatic heterocycles. The van der Waals surface area contributed by atoms with Gasteiger partial charge >= 0.3 is 12.2 Å². The van der Waals surface area contributed by atoms with Gasteiger partial charge in [0, 0.05) is 26.2 Å². The molecular formula is C16H21N3O5. The fourth-order valence-electron chi connectivity index (χ4n) is 2.24. The van der Waals surface area contributed by atoms with Crippen molar-refractivity contribution in [3.05, 3.63) is 30.3 Å². The van der Waals surface area contributed by atoms with Gasteiger partial charge in [0.15, 0.2) is 0 Å². The van der Waals surface area contributed by atoms with Gasteiger partial charge in [-0.05, 0) is 19.1 Å². The Bertz CT molecular complexity index is 570. The fourth-order valence-corrected chi connectivity index (χ4v) is 2.24. The van der Waals surface area contributed by atoms with Crippen LogP contribution in [0.15, 0.2) is 30.3 Å². The SMILES string of the molecule is CCOC(=O)N1CCN(C(=O)CNC(=O)Oc2ccccc2)CC1. The van der Waals surface area contributed by atoms with Crippen LogP contribution in [-0.2, 0) is 9.53 Å². The highest BCUT2D eigenvalue weighted by molar-refractivity contribution is 5.83. The van der Waals surface area contributed by atoms with Crippen molar-refractivity contribution < 1.29 is 23.9 Å². The number of rotatable bonds is 4. The number of nitrogens with zero attached hydrogens (tertiary/aromatic N) is 2. The molecule has 1 aliphatic rings. The molecule has 1 heterocycles. The van der Waals surface area contributed by atoms with Gasteiger partial charge in [-0.15, -0.1) is 0 Å². The zero-order chi connectivity index (χ0) is 17.4. The standard InChI is InChI=1S/C16H21N3O5/c1-2-23-16(22)19-10-8-18(9-11-19)14(20)12-17-15(21)24-13-6-4-3-5-7-13/h3-7H,2,8-12H2,1H3,(H,17,21). The van der Waals surface area contributed by atoms with Gasteiger partial charge < -0.3 is 24.6 Å². The van der Waals surface area contributed by atoms with Crippen molar-refractivity contribution in [1.29, 1.82) is 0 Å². The van der Waals surface area contributed by atoms with E-state index in [0.717, 1.165) is 0 Å². The number of carbonyl (C=O) groups is 3. The zero-order valence-corrected chi connectivity index (χ0v) is 13.6. The highest BCUT2D eigenvalue weighted by Crippen LogP contribution is 2.08. The van der Waals surface area contributed by atoms with Crippen LogP contribution in [0.25, 0.3) is 0 Å². The minimum absolute atomic E-state index is 0.148. The third kappa shape index (κ3) is 5.15. The Labute approximate surface area is 140 Å². The molecule has 2 rings (SSSR count). The molecule has 0 atom stereocenters. The van der Waals surface area contributed by atoms with E-state index in [2.05, 4.69) is 5.32 Å². The van der Waals surface area contributed by atoms with E-state index in [0.29, 0.717) is 38.5 Å². The first-order chi connectivity index (χ1) is 11.6. The van der Waals surface area contributed by atoms with Gasteiger partial charge in [0.2, 0.25) is 5.91 Å². The maximum atomic E-state index is 12.1. The summed E-state index contributed by atoms with van der Waals surface area (Å²) < 4.78 is 9.96. The normalized spacial score (nSPS) is 14.0. The van der Waals surface area contributed by atoms with E-state index < -0.39 is 6.09 Å². The lowest BCUT2D eigenvalue weighted by Crippen LogP contribution is -2.52. The molecule has 0 bridgehead atoms. The molecule has 1 aromatic carbocycles. The van der Waals surface area contributed by atoms with Crippen LogP contribution in [-0.4, -0.2) is 67.2 Å². The van der Waals surface area contributed by atoms with E-state index in [1.807, 2.05) is 6.07 Å². The topological polar surface area (TPSA) is 88.2 Å². The predicted octanol–water partition coefficient (Wildman–Crippen LogP) is 1.08. The molecule has 0 spiro atoms. The van der Waals surface area contributed by atoms with Crippen LogP contribution in [0.2, 0.25) is 0 Å². The molecule has 0 aliphatic carbocycles. The fraction of sp³-hybridized carbons (Fsp3) is 0.438. The summed E-state index contributed by atoms with van der Waals surface area (Å²) in [6, 6.07) is 8.60. The van der Waals surface area contributed by atoms with E-state index in [1.165, 1.54) is 0 Å². The highest BCUT2D eigenvalue weighted by Gasteiger charge is 2.24. The van der Waals surface area contributed by atoms with Crippen molar-refractivity contribution in [1.82, 2.24) is 15.1 Å². The third-order valence-corrected chi connectivity index (χ3v) is 3.50. The number of benzene rings is 1. The van der Waals surface area contributed by atoms with Crippen LogP contribution < -0.4 is 10.1 Å². The number of para-hydroxylation sites is 1. The molecular weight excluding hydrogens is 314 g/mol. The molecule has 8 heteroatoms. The molecule has 1 saturated heterocycles. The van der Waals surface area contributed by atoms with E-state index in [1.54, 1.807) is 41.0 Å². The van der Waals surface area contributed by atoms with Gasteiger partial charge in [0.25, 0.3) is 0 Å². The first-order valence-corrected chi connectivity index (χ1v) is 7.80. The lowest BCUT2D eigenvalue weighted by atomic mass is 10.3. The number of hydrogen-bond acceptors (Lipinski definition) is 5. The van der Waals surface area contributed by atoms with Crippen molar-refractivity contribution in [3.63, 3.8) is 0 Å². The highest BCUT2D eigenvalue weighted by atomic mass is 16.6. The van der Waals surface area contributed by atoms with Gasteiger partial charge in [0.05, 0.1) is 6.61 Å². The Balaban J connectivity index is 1.70. The van der Waals surface area contributed by atoms with Gasteiger partial charge in [-0.25, -0.2) is 9.59 Å². The van der Waals surface area contributed by atoms with Crippen LogP contribution in [0, 0.1) is 0 Å². The maximum absolute atomic E-state index is 12.1. The molecule has 0 aromatic heterocycles. The largest absolute Gasteiger partial charge is 0.450 e. The van der Waals surface area contributed by atoms with Crippen LogP contribution in [0.1, 0.15) is 6.92 Å². The number of hydrogen-bond donors (Lipinski definition) is 1. The second kappa shape index (κ2) is 8.76. The van der Waals surface area contributed by atoms with Crippen LogP contribution in [0.3, 0.4) is 0 Å². The minimum atomic E-state index is -0.681. The smallest absolute Gasteiger partial charge is 0.413 e. The Hall–Kier alpha value is -2.77. The number of piperazine rings is 1. The Morgan fingerprint density at radius 2 is 1.67 bits per heavy atom. The molecule has 1 aromatic rings. The van der Waals surface area contributed by atoms with Crippen molar-refractivity contribution >= 4 is 18.1 Å². The number of ether oxygens (including phenoxy) is 2. The molecule has 130 valence electrons. The minimum Gasteiger partial charge on any atom is -0.450 e. The molecule has 0 radical (unpaired) electrons. The van der Waals surface area contributed by atoms with Gasteiger partial charge in [-0.1, -0.05) is 18.2 Å². The van der Waals surface area contributed by atoms with Crippen molar-refractivity contribution in [2.24, 2.45) is 0 Å². The average molecular weight is 335 g/mol. The lowest BCUT2D eigenvalue weighted by molar-refractivity contribution is -0.131. The predicted molar refractivity (Wildman–Crippen MR) is 85.6 cm³/mol. The Morgan fingerprint density at radius 3 is 2.29 bits per heavy atom. The summed E-state index contributed by atoms with van der Waals surface area (Å²) >= 11 is 0. The van der Waals surface area contributed by atoms with E-state index in [-0.39, 0.29) is 18.5 Å². The second-order valence-corrected chi connectivity index (χ2v) is 5.12. The molecule has 1 fully saturated rings. The summed E-state index contributed by atoms with van der Waals surface area (Å²) in [5.41, 5.74) is 0. The van der Waals surface area contributed by atoms with Crippen molar-refractivity contribution in [2.45, 2.75) is 6.92 Å². The van der Waals surface area contributed by atoms with Crippen LogP contribution in [0.4, 0.5) is 9.59 Å². The van der Waals surface area contributed by atoms with Gasteiger partial charge in [-0.3, -0.25) is 4.79 Å². The number of amides is 3. The molecule has 0 saturated carbocycles. The van der Waals surface area contributed by atoms with E-state index >= 15 is 0 Å². The average Bonchev–Trinajstić information content (AvgIpc) is 2.61. The Morgan fingerprint density at radius 1 is 1.04 bits per heavy atom. The quantitative estimate of drug-likeness (QED) is 0.889. The van der Waals surface area contributed by atoms with E-state index in [9.17, 15) is 14.4 Å². The van der Waals surface area contributed by atoms with E-state index in [4.69, 9.17) is 9.47 Å². The monoisotopic (exact) mass is 335 g/mol. The molecule has 8 nitrogen and oxygen atoms in total. The first-order valence-electron chi connectivity index (χ1n) is 7.80. The summed E-state index contributed by atoms with van der Waals surface area (Å²) in [5.74, 6) is 0.189. The molecule has 3 amide bonds. The van der Waals surface area contributed by atoms with Crippen molar-refractivity contribution in [2.75, 3.05) is 39.3 Å². The summed E-state index contributed by atoms with van der Waals surface area (Å²) in [7, 11) is 0. The second-order valence-electron chi connectivity index (χ2n) is 5.12. The van der Waals surface area contributed by atoms with Gasteiger partial charge in [-0.2, -0.15) is 0 Å². The first kappa shape index (κ1) is 17.6. The van der Waals surface area contributed by atoms with Crippen molar-refractivity contribution in [3.8, 4) is 5.75 Å². The third-order valence-electron chi connectivity index (χ3n) is 3.50. The summed E-state index contributed by atoms with van der Waals surface area (Å²) in [4.78, 5) is 38.5. The summed E-state index contributed by atoms with van der Waals surface area (Å²) in [6.45, 7) is 3.58. The Kier molecular flexibility index (Phi) is 6.41. The molecule has 0 unspecified atom stereocenters. The number of nitrogens with one attached hydrogen (secondary N) is 1. The van der Waals surface area contributed by atoms with Crippen LogP contribution in [0.5, 0.6) is 5.75 Å². The zero-order valence-electron chi connectivity index (χ0n) is 13.6. The van der Waals surface area contributed by atoms with Gasteiger partial charge in [0.1, 0.15) is 12.3 Å². The summed E-state index contributed by atoms with van der Waals surface area (Å²) in [5, 5.41) is 2.42. The molecule has 1 N–H and O–H groups in total. The maximum Gasteiger partial charge on any atom is 0.413 e.